The SMILES string of the molecule is Cl.Cl.O=C(CCC1CCNC1)NCc1cccnc1-n1ccnc1. The number of rotatable bonds is 6. The van der Waals surface area contributed by atoms with Gasteiger partial charge in [-0.15, -0.1) is 24.8 Å². The summed E-state index contributed by atoms with van der Waals surface area (Å²) >= 11 is 0. The molecule has 2 aromatic rings. The molecule has 6 nitrogen and oxygen atoms in total. The average Bonchev–Trinajstić information content (AvgIpc) is 3.24. The maximum Gasteiger partial charge on any atom is 0.220 e. The third kappa shape index (κ3) is 5.47. The molecule has 0 radical (unpaired) electrons. The molecular weight excluding hydrogens is 349 g/mol. The molecule has 1 aliphatic rings. The minimum Gasteiger partial charge on any atom is -0.352 e. The van der Waals surface area contributed by atoms with Crippen LogP contribution in [0.3, 0.4) is 0 Å². The summed E-state index contributed by atoms with van der Waals surface area (Å²) in [6.45, 7) is 2.61. The average molecular weight is 372 g/mol. The first-order valence-electron chi connectivity index (χ1n) is 7.72. The van der Waals surface area contributed by atoms with Crippen molar-refractivity contribution in [3.63, 3.8) is 0 Å². The molecule has 132 valence electrons. The van der Waals surface area contributed by atoms with Gasteiger partial charge in [-0.2, -0.15) is 0 Å². The van der Waals surface area contributed by atoms with Crippen molar-refractivity contribution in [1.29, 1.82) is 0 Å². The van der Waals surface area contributed by atoms with E-state index in [9.17, 15) is 4.79 Å². The maximum absolute atomic E-state index is 12.0. The van der Waals surface area contributed by atoms with Crippen LogP contribution in [0.1, 0.15) is 24.8 Å². The molecule has 1 unspecified atom stereocenters. The molecule has 0 saturated carbocycles. The zero-order valence-corrected chi connectivity index (χ0v) is 15.0. The Morgan fingerprint density at radius 2 is 2.25 bits per heavy atom. The molecule has 0 bridgehead atoms. The fraction of sp³-hybridized carbons (Fsp3) is 0.438. The predicted molar refractivity (Wildman–Crippen MR) is 97.9 cm³/mol. The van der Waals surface area contributed by atoms with Crippen LogP contribution in [-0.2, 0) is 11.3 Å². The lowest BCUT2D eigenvalue weighted by Gasteiger charge is -2.11. The molecule has 1 fully saturated rings. The number of amides is 1. The van der Waals surface area contributed by atoms with E-state index in [2.05, 4.69) is 20.6 Å². The van der Waals surface area contributed by atoms with Gasteiger partial charge in [0.05, 0.1) is 0 Å². The molecule has 24 heavy (non-hydrogen) atoms. The second kappa shape index (κ2) is 10.3. The highest BCUT2D eigenvalue weighted by Crippen LogP contribution is 2.14. The maximum atomic E-state index is 12.0. The van der Waals surface area contributed by atoms with E-state index in [4.69, 9.17) is 0 Å². The topological polar surface area (TPSA) is 71.8 Å². The normalized spacial score (nSPS) is 16.1. The number of nitrogens with one attached hydrogen (secondary N) is 2. The van der Waals surface area contributed by atoms with E-state index in [1.54, 1.807) is 18.7 Å². The predicted octanol–water partition coefficient (Wildman–Crippen LogP) is 2.12. The highest BCUT2D eigenvalue weighted by atomic mass is 35.5. The van der Waals surface area contributed by atoms with Crippen molar-refractivity contribution in [2.24, 2.45) is 5.92 Å². The summed E-state index contributed by atoms with van der Waals surface area (Å²) in [5, 5.41) is 6.32. The van der Waals surface area contributed by atoms with E-state index >= 15 is 0 Å². The van der Waals surface area contributed by atoms with E-state index in [0.29, 0.717) is 18.9 Å². The summed E-state index contributed by atoms with van der Waals surface area (Å²) in [5.41, 5.74) is 0.983. The number of nitrogens with zero attached hydrogens (tertiary/aromatic N) is 3. The molecule has 8 heteroatoms. The zero-order chi connectivity index (χ0) is 15.2. The number of hydrogen-bond acceptors (Lipinski definition) is 4. The number of carbonyl (C=O) groups is 1. The van der Waals surface area contributed by atoms with Crippen molar-refractivity contribution >= 4 is 30.7 Å². The van der Waals surface area contributed by atoms with E-state index < -0.39 is 0 Å². The van der Waals surface area contributed by atoms with Crippen molar-refractivity contribution in [2.75, 3.05) is 13.1 Å². The van der Waals surface area contributed by atoms with E-state index in [-0.39, 0.29) is 30.7 Å². The van der Waals surface area contributed by atoms with Crippen molar-refractivity contribution < 1.29 is 4.79 Å². The number of imidazole rings is 1. The summed E-state index contributed by atoms with van der Waals surface area (Å²) in [7, 11) is 0. The molecule has 2 N–H and O–H groups in total. The quantitative estimate of drug-likeness (QED) is 0.815. The standard InChI is InChI=1S/C16H21N5O.2ClH/c22-15(4-3-13-5-7-17-10-13)20-11-14-2-1-6-19-16(14)21-9-8-18-12-21;;/h1-2,6,8-9,12-13,17H,3-5,7,10-11H2,(H,20,22);2*1H. The van der Waals surface area contributed by atoms with Gasteiger partial charge in [0.15, 0.2) is 0 Å². The van der Waals surface area contributed by atoms with Gasteiger partial charge in [0.25, 0.3) is 0 Å². The molecular formula is C16H23Cl2N5O. The number of carbonyl (C=O) groups excluding carboxylic acids is 1. The molecule has 0 aliphatic carbocycles. The summed E-state index contributed by atoms with van der Waals surface area (Å²) in [6.07, 6.45) is 9.75. The Balaban J connectivity index is 0.00000144. The van der Waals surface area contributed by atoms with Crippen LogP contribution in [0.5, 0.6) is 0 Å². The Bertz CT molecular complexity index is 615. The summed E-state index contributed by atoms with van der Waals surface area (Å²) in [4.78, 5) is 20.4. The Hall–Kier alpha value is -1.63. The summed E-state index contributed by atoms with van der Waals surface area (Å²) in [5.74, 6) is 1.55. The van der Waals surface area contributed by atoms with E-state index in [1.165, 1.54) is 6.42 Å². The molecule has 2 aromatic heterocycles. The van der Waals surface area contributed by atoms with Crippen LogP contribution in [0.2, 0.25) is 0 Å². The summed E-state index contributed by atoms with van der Waals surface area (Å²) < 4.78 is 1.85. The van der Waals surface area contributed by atoms with Crippen molar-refractivity contribution in [3.8, 4) is 5.82 Å². The third-order valence-electron chi connectivity index (χ3n) is 4.03. The highest BCUT2D eigenvalue weighted by Gasteiger charge is 2.15. The van der Waals surface area contributed by atoms with Crippen LogP contribution in [0.15, 0.2) is 37.1 Å². The second-order valence-electron chi connectivity index (χ2n) is 5.63. The Morgan fingerprint density at radius 1 is 1.38 bits per heavy atom. The monoisotopic (exact) mass is 371 g/mol. The van der Waals surface area contributed by atoms with Gasteiger partial charge in [-0.25, -0.2) is 9.97 Å². The van der Waals surface area contributed by atoms with Gasteiger partial charge in [0.2, 0.25) is 5.91 Å². The van der Waals surface area contributed by atoms with Gasteiger partial charge < -0.3 is 10.6 Å². The van der Waals surface area contributed by atoms with E-state index in [0.717, 1.165) is 30.9 Å². The first-order valence-corrected chi connectivity index (χ1v) is 7.72. The van der Waals surface area contributed by atoms with Crippen molar-refractivity contribution in [1.82, 2.24) is 25.2 Å². The lowest BCUT2D eigenvalue weighted by molar-refractivity contribution is -0.121. The molecule has 1 aliphatic heterocycles. The molecule has 1 atom stereocenters. The molecule has 3 heterocycles. The van der Waals surface area contributed by atoms with Gasteiger partial charge in [0, 0.05) is 37.1 Å². The smallest absolute Gasteiger partial charge is 0.220 e. The molecule has 1 saturated heterocycles. The lowest BCUT2D eigenvalue weighted by atomic mass is 10.0. The largest absolute Gasteiger partial charge is 0.352 e. The molecule has 0 spiro atoms. The first kappa shape index (κ1) is 20.4. The number of halogens is 2. The van der Waals surface area contributed by atoms with Crippen LogP contribution < -0.4 is 10.6 Å². The van der Waals surface area contributed by atoms with Gasteiger partial charge in [0.1, 0.15) is 12.1 Å². The minimum atomic E-state index is 0. The first-order chi connectivity index (χ1) is 10.8. The number of hydrogen-bond donors (Lipinski definition) is 2. The van der Waals surface area contributed by atoms with Crippen LogP contribution >= 0.6 is 24.8 Å². The Morgan fingerprint density at radius 3 is 2.96 bits per heavy atom. The lowest BCUT2D eigenvalue weighted by Crippen LogP contribution is -2.24. The van der Waals surface area contributed by atoms with Crippen molar-refractivity contribution in [3.05, 3.63) is 42.6 Å². The summed E-state index contributed by atoms with van der Waals surface area (Å²) in [6, 6.07) is 3.86. The Labute approximate surface area is 154 Å². The molecule has 0 aromatic carbocycles. The third-order valence-corrected chi connectivity index (χ3v) is 4.03. The zero-order valence-electron chi connectivity index (χ0n) is 13.4. The van der Waals surface area contributed by atoms with E-state index in [1.807, 2.05) is 22.9 Å². The minimum absolute atomic E-state index is 0. The molecule has 1 amide bonds. The number of pyridine rings is 1. The van der Waals surface area contributed by atoms with Gasteiger partial charge in [-0.1, -0.05) is 6.07 Å². The van der Waals surface area contributed by atoms with Gasteiger partial charge >= 0.3 is 0 Å². The molecule has 3 rings (SSSR count). The van der Waals surface area contributed by atoms with Crippen LogP contribution in [-0.4, -0.2) is 33.5 Å². The van der Waals surface area contributed by atoms with Crippen molar-refractivity contribution in [2.45, 2.75) is 25.8 Å². The van der Waals surface area contributed by atoms with Crippen LogP contribution in [0, 0.1) is 5.92 Å². The highest BCUT2D eigenvalue weighted by molar-refractivity contribution is 5.85. The number of aromatic nitrogens is 3. The van der Waals surface area contributed by atoms with Gasteiger partial charge in [-0.3, -0.25) is 9.36 Å². The Kier molecular flexibility index (Phi) is 8.74. The van der Waals surface area contributed by atoms with Crippen LogP contribution in [0.25, 0.3) is 5.82 Å². The van der Waals surface area contributed by atoms with Crippen LogP contribution in [0.4, 0.5) is 0 Å². The van der Waals surface area contributed by atoms with Gasteiger partial charge in [-0.05, 0) is 37.9 Å². The second-order valence-corrected chi connectivity index (χ2v) is 5.63. The fourth-order valence-corrected chi connectivity index (χ4v) is 2.76. The fourth-order valence-electron chi connectivity index (χ4n) is 2.76.